The summed E-state index contributed by atoms with van der Waals surface area (Å²) in [4.78, 5) is 6.11. The third-order valence-electron chi connectivity index (χ3n) is 2.41. The number of nitrogens with zero attached hydrogens (tertiary/aromatic N) is 3. The monoisotopic (exact) mass is 279 g/mol. The van der Waals surface area contributed by atoms with Crippen LogP contribution in [0.1, 0.15) is 19.2 Å². The zero-order valence-corrected chi connectivity index (χ0v) is 11.9. The van der Waals surface area contributed by atoms with Crippen LogP contribution in [0, 0.1) is 0 Å². The van der Waals surface area contributed by atoms with E-state index in [1.54, 1.807) is 0 Å². The summed E-state index contributed by atoms with van der Waals surface area (Å²) in [7, 11) is 5.55. The molecule has 0 aliphatic carbocycles. The number of hydrogen-bond donors (Lipinski definition) is 0. The summed E-state index contributed by atoms with van der Waals surface area (Å²) in [6, 6.07) is 0. The maximum atomic E-state index is 11.2. The number of rotatable bonds is 6. The van der Waals surface area contributed by atoms with Crippen LogP contribution in [0.25, 0.3) is 0 Å². The predicted octanol–water partition coefficient (Wildman–Crippen LogP) is 1.32. The second kappa shape index (κ2) is 5.84. The van der Waals surface area contributed by atoms with Gasteiger partial charge in [0.2, 0.25) is 0 Å². The fourth-order valence-corrected chi connectivity index (χ4v) is 2.27. The molecule has 1 aromatic heterocycles. The van der Waals surface area contributed by atoms with Crippen LogP contribution in [0.5, 0.6) is 0 Å². The molecule has 1 rings (SSSR count). The molecule has 1 aromatic rings. The van der Waals surface area contributed by atoms with Gasteiger partial charge in [0.15, 0.2) is 5.03 Å². The zero-order valence-electron chi connectivity index (χ0n) is 10.4. The Kier molecular flexibility index (Phi) is 4.97. The SMILES string of the molecule is CCc1nc(S(=O)(=O)Cl)cn1CCCN(C)C. The van der Waals surface area contributed by atoms with Crippen LogP contribution < -0.4 is 0 Å². The van der Waals surface area contributed by atoms with Crippen molar-refractivity contribution < 1.29 is 8.42 Å². The lowest BCUT2D eigenvalue weighted by Crippen LogP contribution is -2.15. The topological polar surface area (TPSA) is 55.2 Å². The fraction of sp³-hybridized carbons (Fsp3) is 0.700. The Bertz CT molecular complexity index is 468. The Morgan fingerprint density at radius 3 is 2.59 bits per heavy atom. The Hall–Kier alpha value is -0.590. The number of imidazole rings is 1. The Morgan fingerprint density at radius 1 is 1.47 bits per heavy atom. The summed E-state index contributed by atoms with van der Waals surface area (Å²) in [6.07, 6.45) is 3.14. The second-order valence-corrected chi connectivity index (χ2v) is 6.65. The summed E-state index contributed by atoms with van der Waals surface area (Å²) in [5.74, 6) is 0.753. The van der Waals surface area contributed by atoms with Crippen molar-refractivity contribution in [1.82, 2.24) is 14.5 Å². The highest BCUT2D eigenvalue weighted by molar-refractivity contribution is 8.13. The summed E-state index contributed by atoms with van der Waals surface area (Å²) in [6.45, 7) is 3.64. The third-order valence-corrected chi connectivity index (χ3v) is 3.58. The molecule has 0 aliphatic rings. The van der Waals surface area contributed by atoms with Gasteiger partial charge in [-0.15, -0.1) is 0 Å². The second-order valence-electron chi connectivity index (χ2n) is 4.14. The number of halogens is 1. The van der Waals surface area contributed by atoms with E-state index >= 15 is 0 Å². The van der Waals surface area contributed by atoms with Gasteiger partial charge in [-0.05, 0) is 27.1 Å². The Labute approximate surface area is 107 Å². The van der Waals surface area contributed by atoms with Crippen molar-refractivity contribution in [3.05, 3.63) is 12.0 Å². The average Bonchev–Trinajstić information content (AvgIpc) is 2.60. The van der Waals surface area contributed by atoms with Crippen molar-refractivity contribution in [1.29, 1.82) is 0 Å². The van der Waals surface area contributed by atoms with Crippen LogP contribution >= 0.6 is 10.7 Å². The quantitative estimate of drug-likeness (QED) is 0.737. The van der Waals surface area contributed by atoms with E-state index in [9.17, 15) is 8.42 Å². The minimum Gasteiger partial charge on any atom is -0.333 e. The molecule has 0 aromatic carbocycles. The fourth-order valence-electron chi connectivity index (χ4n) is 1.58. The maximum absolute atomic E-state index is 11.2. The molecule has 0 unspecified atom stereocenters. The molecule has 0 saturated carbocycles. The van der Waals surface area contributed by atoms with Gasteiger partial charge in [-0.2, -0.15) is 0 Å². The lowest BCUT2D eigenvalue weighted by Gasteiger charge is -2.10. The van der Waals surface area contributed by atoms with E-state index in [2.05, 4.69) is 9.88 Å². The summed E-state index contributed by atoms with van der Waals surface area (Å²) < 4.78 is 24.2. The van der Waals surface area contributed by atoms with Crippen LogP contribution in [0.4, 0.5) is 0 Å². The highest BCUT2D eigenvalue weighted by atomic mass is 35.7. The first-order chi connectivity index (χ1) is 7.84. The minimum atomic E-state index is -3.73. The maximum Gasteiger partial charge on any atom is 0.280 e. The third kappa shape index (κ3) is 4.29. The van der Waals surface area contributed by atoms with E-state index in [-0.39, 0.29) is 5.03 Å². The van der Waals surface area contributed by atoms with Gasteiger partial charge < -0.3 is 9.47 Å². The Morgan fingerprint density at radius 2 is 2.12 bits per heavy atom. The van der Waals surface area contributed by atoms with Crippen LogP contribution in [0.2, 0.25) is 0 Å². The van der Waals surface area contributed by atoms with Crippen molar-refractivity contribution >= 4 is 19.7 Å². The minimum absolute atomic E-state index is 0.0548. The summed E-state index contributed by atoms with van der Waals surface area (Å²) in [5, 5.41) is -0.0548. The van der Waals surface area contributed by atoms with Crippen LogP contribution in [0.15, 0.2) is 11.2 Å². The molecule has 0 fully saturated rings. The van der Waals surface area contributed by atoms with Crippen LogP contribution in [-0.4, -0.2) is 43.5 Å². The first kappa shape index (κ1) is 14.5. The smallest absolute Gasteiger partial charge is 0.280 e. The zero-order chi connectivity index (χ0) is 13.1. The Balaban J connectivity index is 2.81. The van der Waals surface area contributed by atoms with Crippen molar-refractivity contribution in [2.45, 2.75) is 31.3 Å². The molecule has 0 aliphatic heterocycles. The standard InChI is InChI=1S/C10H18ClN3O2S/c1-4-9-12-10(17(11,15)16)8-14(9)7-5-6-13(2)3/h8H,4-7H2,1-3H3. The van der Waals surface area contributed by atoms with Gasteiger partial charge in [-0.1, -0.05) is 6.92 Å². The molecule has 0 radical (unpaired) electrons. The molecule has 17 heavy (non-hydrogen) atoms. The van der Waals surface area contributed by atoms with Crippen molar-refractivity contribution in [2.24, 2.45) is 0 Å². The number of hydrogen-bond acceptors (Lipinski definition) is 4. The van der Waals surface area contributed by atoms with Gasteiger partial charge in [0.25, 0.3) is 9.05 Å². The molecule has 0 amide bonds. The first-order valence-electron chi connectivity index (χ1n) is 5.50. The van der Waals surface area contributed by atoms with Crippen molar-refractivity contribution in [3.8, 4) is 0 Å². The van der Waals surface area contributed by atoms with E-state index in [4.69, 9.17) is 10.7 Å². The highest BCUT2D eigenvalue weighted by Crippen LogP contribution is 2.15. The largest absolute Gasteiger partial charge is 0.333 e. The van der Waals surface area contributed by atoms with Gasteiger partial charge in [-0.3, -0.25) is 0 Å². The molecule has 0 bridgehead atoms. The number of aromatic nitrogens is 2. The van der Waals surface area contributed by atoms with Gasteiger partial charge >= 0.3 is 0 Å². The molecule has 0 spiro atoms. The lowest BCUT2D eigenvalue weighted by atomic mass is 10.4. The average molecular weight is 280 g/mol. The van der Waals surface area contributed by atoms with Gasteiger partial charge in [-0.25, -0.2) is 13.4 Å². The van der Waals surface area contributed by atoms with Gasteiger partial charge in [0.1, 0.15) is 5.82 Å². The first-order valence-corrected chi connectivity index (χ1v) is 7.81. The van der Waals surface area contributed by atoms with Crippen molar-refractivity contribution in [2.75, 3.05) is 20.6 Å². The lowest BCUT2D eigenvalue weighted by molar-refractivity contribution is 0.384. The molecule has 7 heteroatoms. The van der Waals surface area contributed by atoms with Gasteiger partial charge in [0, 0.05) is 29.8 Å². The molecular formula is C10H18ClN3O2S. The molecule has 0 saturated heterocycles. The van der Waals surface area contributed by atoms with Crippen molar-refractivity contribution in [3.63, 3.8) is 0 Å². The highest BCUT2D eigenvalue weighted by Gasteiger charge is 2.16. The number of aryl methyl sites for hydroxylation is 2. The molecule has 98 valence electrons. The van der Waals surface area contributed by atoms with E-state index in [1.165, 1.54) is 6.20 Å². The molecule has 1 heterocycles. The van der Waals surface area contributed by atoms with Gasteiger partial charge in [0.05, 0.1) is 0 Å². The summed E-state index contributed by atoms with van der Waals surface area (Å²) >= 11 is 0. The molecular weight excluding hydrogens is 262 g/mol. The predicted molar refractivity (Wildman–Crippen MR) is 67.8 cm³/mol. The summed E-state index contributed by atoms with van der Waals surface area (Å²) in [5.41, 5.74) is 0. The molecule has 0 N–H and O–H groups in total. The van der Waals surface area contributed by atoms with E-state index < -0.39 is 9.05 Å². The normalized spacial score (nSPS) is 12.3. The molecule has 0 atom stereocenters. The van der Waals surface area contributed by atoms with Crippen LogP contribution in [-0.2, 0) is 22.0 Å². The van der Waals surface area contributed by atoms with Crippen LogP contribution in [0.3, 0.4) is 0 Å². The van der Waals surface area contributed by atoms with E-state index in [1.807, 2.05) is 25.6 Å². The van der Waals surface area contributed by atoms with E-state index in [0.717, 1.165) is 25.3 Å². The van der Waals surface area contributed by atoms with E-state index in [0.29, 0.717) is 6.42 Å². The molecule has 5 nitrogen and oxygen atoms in total.